The Morgan fingerprint density at radius 3 is 2.35 bits per heavy atom. The van der Waals surface area contributed by atoms with Gasteiger partial charge in [0.2, 0.25) is 0 Å². The molecule has 0 bridgehead atoms. The highest BCUT2D eigenvalue weighted by atomic mass is 35.5. The second-order valence-corrected chi connectivity index (χ2v) is 4.18. The van der Waals surface area contributed by atoms with Crippen LogP contribution >= 0.6 is 12.4 Å². The van der Waals surface area contributed by atoms with Gasteiger partial charge in [-0.1, -0.05) is 36.4 Å². The summed E-state index contributed by atoms with van der Waals surface area (Å²) in [5.41, 5.74) is 1.16. The maximum Gasteiger partial charge on any atom is 0.120 e. The van der Waals surface area contributed by atoms with Crippen LogP contribution in [0.4, 0.5) is 0 Å². The highest BCUT2D eigenvalue weighted by molar-refractivity contribution is 5.94. The molecule has 17 heavy (non-hydrogen) atoms. The lowest BCUT2D eigenvalue weighted by atomic mass is 10.1. The van der Waals surface area contributed by atoms with E-state index in [-0.39, 0.29) is 12.4 Å². The topological polar surface area (TPSA) is 27.1 Å². The van der Waals surface area contributed by atoms with Gasteiger partial charge in [0.25, 0.3) is 0 Å². The van der Waals surface area contributed by atoms with Crippen molar-refractivity contribution in [2.45, 2.75) is 19.3 Å². The Labute approximate surface area is 109 Å². The molecule has 1 fully saturated rings. The Balaban J connectivity index is 0.00000144. The number of hydrogen-bond acceptors (Lipinski definition) is 1. The van der Waals surface area contributed by atoms with Crippen LogP contribution in [0, 0.1) is 5.41 Å². The molecule has 0 atom stereocenters. The molecule has 1 aromatic carbocycles. The van der Waals surface area contributed by atoms with Crippen LogP contribution in [0.2, 0.25) is 0 Å². The summed E-state index contributed by atoms with van der Waals surface area (Å²) in [4.78, 5) is 2.16. The van der Waals surface area contributed by atoms with Gasteiger partial charge in [-0.25, -0.2) is 0 Å². The monoisotopic (exact) mass is 250 g/mol. The summed E-state index contributed by atoms with van der Waals surface area (Å²) in [5.74, 6) is 0.642. The molecule has 92 valence electrons. The van der Waals surface area contributed by atoms with Crippen LogP contribution in [-0.2, 0) is 0 Å². The third kappa shape index (κ3) is 4.23. The molecule has 1 aromatic rings. The summed E-state index contributed by atoms with van der Waals surface area (Å²) >= 11 is 0. The predicted octanol–water partition coefficient (Wildman–Crippen LogP) is 3.58. The smallest absolute Gasteiger partial charge is 0.120 e. The van der Waals surface area contributed by atoms with Crippen LogP contribution in [0.25, 0.3) is 6.08 Å². The van der Waals surface area contributed by atoms with E-state index in [1.807, 2.05) is 30.4 Å². The quantitative estimate of drug-likeness (QED) is 0.630. The molecule has 0 aliphatic carbocycles. The zero-order valence-electron chi connectivity index (χ0n) is 9.93. The van der Waals surface area contributed by atoms with Crippen molar-refractivity contribution in [2.24, 2.45) is 0 Å². The molecule has 1 aliphatic rings. The second kappa shape index (κ2) is 7.13. The standard InChI is InChI=1S/C14H18N2.ClH/c15-14(16-11-5-2-6-12-16)10-9-13-7-3-1-4-8-13;/h1,3-4,7-10,15H,2,5-6,11-12H2;1H/b10-9+,15-14?;. The van der Waals surface area contributed by atoms with Crippen molar-refractivity contribution in [1.29, 1.82) is 5.41 Å². The lowest BCUT2D eigenvalue weighted by molar-refractivity contribution is 0.342. The van der Waals surface area contributed by atoms with Crippen LogP contribution in [0.15, 0.2) is 36.4 Å². The van der Waals surface area contributed by atoms with Gasteiger partial charge in [0.05, 0.1) is 0 Å². The van der Waals surface area contributed by atoms with Gasteiger partial charge in [0.15, 0.2) is 0 Å². The summed E-state index contributed by atoms with van der Waals surface area (Å²) in [6.45, 7) is 2.08. The average molecular weight is 251 g/mol. The maximum absolute atomic E-state index is 7.97. The molecule has 0 radical (unpaired) electrons. The fraction of sp³-hybridized carbons (Fsp3) is 0.357. The van der Waals surface area contributed by atoms with Gasteiger partial charge in [-0.2, -0.15) is 0 Å². The Morgan fingerprint density at radius 2 is 1.71 bits per heavy atom. The van der Waals surface area contributed by atoms with Crippen molar-refractivity contribution in [3.05, 3.63) is 42.0 Å². The van der Waals surface area contributed by atoms with Gasteiger partial charge >= 0.3 is 0 Å². The highest BCUT2D eigenvalue weighted by Crippen LogP contribution is 2.10. The number of benzene rings is 1. The minimum absolute atomic E-state index is 0. The molecule has 0 amide bonds. The van der Waals surface area contributed by atoms with Crippen LogP contribution in [0.5, 0.6) is 0 Å². The van der Waals surface area contributed by atoms with Gasteiger partial charge in [-0.3, -0.25) is 5.41 Å². The fourth-order valence-electron chi connectivity index (χ4n) is 1.98. The van der Waals surface area contributed by atoms with E-state index in [9.17, 15) is 0 Å². The van der Waals surface area contributed by atoms with E-state index in [1.165, 1.54) is 19.3 Å². The number of halogens is 1. The van der Waals surface area contributed by atoms with E-state index >= 15 is 0 Å². The summed E-state index contributed by atoms with van der Waals surface area (Å²) in [5, 5.41) is 7.97. The Kier molecular flexibility index (Phi) is 5.78. The number of piperidine rings is 1. The summed E-state index contributed by atoms with van der Waals surface area (Å²) in [7, 11) is 0. The first kappa shape index (κ1) is 13.8. The second-order valence-electron chi connectivity index (χ2n) is 4.18. The van der Waals surface area contributed by atoms with Gasteiger partial charge in [0, 0.05) is 13.1 Å². The fourth-order valence-corrected chi connectivity index (χ4v) is 1.98. The molecule has 1 aliphatic heterocycles. The van der Waals surface area contributed by atoms with Crippen LogP contribution in [0.3, 0.4) is 0 Å². The third-order valence-electron chi connectivity index (χ3n) is 2.93. The Hall–Kier alpha value is -1.28. The first-order valence-corrected chi connectivity index (χ1v) is 5.93. The molecule has 1 heterocycles. The van der Waals surface area contributed by atoms with Gasteiger partial charge in [-0.15, -0.1) is 12.4 Å². The Bertz CT molecular complexity index is 367. The molecule has 0 unspecified atom stereocenters. The molecule has 2 nitrogen and oxygen atoms in total. The van der Waals surface area contributed by atoms with E-state index in [2.05, 4.69) is 17.0 Å². The summed E-state index contributed by atoms with van der Waals surface area (Å²) in [6, 6.07) is 10.2. The van der Waals surface area contributed by atoms with E-state index in [4.69, 9.17) is 5.41 Å². The minimum atomic E-state index is 0. The number of amidine groups is 1. The normalized spacial score (nSPS) is 15.6. The zero-order valence-corrected chi connectivity index (χ0v) is 10.7. The van der Waals surface area contributed by atoms with E-state index in [0.717, 1.165) is 18.7 Å². The first-order valence-electron chi connectivity index (χ1n) is 5.93. The largest absolute Gasteiger partial charge is 0.357 e. The number of hydrogen-bond donors (Lipinski definition) is 1. The van der Waals surface area contributed by atoms with E-state index in [1.54, 1.807) is 0 Å². The summed E-state index contributed by atoms with van der Waals surface area (Å²) in [6.07, 6.45) is 7.67. The first-order chi connectivity index (χ1) is 7.86. The number of nitrogens with one attached hydrogen (secondary N) is 1. The van der Waals surface area contributed by atoms with Crippen LogP contribution in [0.1, 0.15) is 24.8 Å². The van der Waals surface area contributed by atoms with Crippen molar-refractivity contribution in [1.82, 2.24) is 4.90 Å². The molecule has 1 saturated heterocycles. The molecule has 0 aromatic heterocycles. The van der Waals surface area contributed by atoms with Gasteiger partial charge in [-0.05, 0) is 30.9 Å². The SMILES string of the molecule is Cl.N=C(/C=C/c1ccccc1)N1CCCCC1. The molecule has 0 spiro atoms. The van der Waals surface area contributed by atoms with Crippen molar-refractivity contribution in [2.75, 3.05) is 13.1 Å². The number of rotatable bonds is 2. The number of nitrogens with zero attached hydrogens (tertiary/aromatic N) is 1. The molecule has 3 heteroatoms. The summed E-state index contributed by atoms with van der Waals surface area (Å²) < 4.78 is 0. The van der Waals surface area contributed by atoms with E-state index in [0.29, 0.717) is 5.84 Å². The maximum atomic E-state index is 7.97. The molecule has 1 N–H and O–H groups in total. The highest BCUT2D eigenvalue weighted by Gasteiger charge is 2.10. The zero-order chi connectivity index (χ0) is 11.2. The van der Waals surface area contributed by atoms with Crippen molar-refractivity contribution >= 4 is 24.3 Å². The molecular formula is C14H19ClN2. The van der Waals surface area contributed by atoms with Crippen molar-refractivity contribution in [3.63, 3.8) is 0 Å². The number of likely N-dealkylation sites (tertiary alicyclic amines) is 1. The van der Waals surface area contributed by atoms with Crippen LogP contribution in [-0.4, -0.2) is 23.8 Å². The van der Waals surface area contributed by atoms with E-state index < -0.39 is 0 Å². The lowest BCUT2D eigenvalue weighted by Crippen LogP contribution is -2.33. The molecular weight excluding hydrogens is 232 g/mol. The average Bonchev–Trinajstić information content (AvgIpc) is 2.38. The predicted molar refractivity (Wildman–Crippen MR) is 75.9 cm³/mol. The van der Waals surface area contributed by atoms with Gasteiger partial charge in [0.1, 0.15) is 5.84 Å². The van der Waals surface area contributed by atoms with Crippen molar-refractivity contribution < 1.29 is 0 Å². The minimum Gasteiger partial charge on any atom is -0.357 e. The lowest BCUT2D eigenvalue weighted by Gasteiger charge is -2.27. The van der Waals surface area contributed by atoms with Crippen molar-refractivity contribution in [3.8, 4) is 0 Å². The molecule has 2 rings (SSSR count). The third-order valence-corrected chi connectivity index (χ3v) is 2.93. The van der Waals surface area contributed by atoms with Crippen LogP contribution < -0.4 is 0 Å². The van der Waals surface area contributed by atoms with Gasteiger partial charge < -0.3 is 4.90 Å². The molecule has 0 saturated carbocycles. The Morgan fingerprint density at radius 1 is 1.06 bits per heavy atom.